The molecule has 9 heteroatoms. The van der Waals surface area contributed by atoms with E-state index in [1.807, 2.05) is 102 Å². The maximum Gasteiger partial charge on any atom is 0.291 e. The third-order valence-electron chi connectivity index (χ3n) is 5.50. The zero-order valence-corrected chi connectivity index (χ0v) is 21.2. The van der Waals surface area contributed by atoms with Gasteiger partial charge in [0.25, 0.3) is 5.56 Å². The molecule has 0 spiro atoms. The molecule has 0 bridgehead atoms. The summed E-state index contributed by atoms with van der Waals surface area (Å²) in [7, 11) is 0. The minimum Gasteiger partial charge on any atom is -0.486 e. The van der Waals surface area contributed by atoms with E-state index in [1.54, 1.807) is 0 Å². The second-order valence-corrected chi connectivity index (χ2v) is 9.88. The van der Waals surface area contributed by atoms with Crippen LogP contribution in [0.3, 0.4) is 0 Å². The van der Waals surface area contributed by atoms with Gasteiger partial charge < -0.3 is 4.74 Å². The average Bonchev–Trinajstić information content (AvgIpc) is 3.60. The molecule has 0 saturated carbocycles. The van der Waals surface area contributed by atoms with E-state index in [0.717, 1.165) is 27.0 Å². The third-order valence-corrected chi connectivity index (χ3v) is 6.99. The summed E-state index contributed by atoms with van der Waals surface area (Å²) >= 11 is 4.70. The zero-order chi connectivity index (χ0) is 24.5. The molecule has 6 rings (SSSR count). The van der Waals surface area contributed by atoms with Crippen LogP contribution >= 0.6 is 27.3 Å². The Labute approximate surface area is 218 Å². The van der Waals surface area contributed by atoms with Crippen LogP contribution in [-0.4, -0.2) is 24.4 Å². The molecule has 0 aliphatic carbocycles. The number of benzene rings is 3. The van der Waals surface area contributed by atoms with Gasteiger partial charge in [0, 0.05) is 21.8 Å². The van der Waals surface area contributed by atoms with Crippen molar-refractivity contribution in [2.45, 2.75) is 6.61 Å². The molecule has 0 atom stereocenters. The van der Waals surface area contributed by atoms with Gasteiger partial charge in [0.2, 0.25) is 4.96 Å². The molecule has 0 aliphatic rings. The summed E-state index contributed by atoms with van der Waals surface area (Å²) in [4.78, 5) is 18.2. The summed E-state index contributed by atoms with van der Waals surface area (Å²) in [5.41, 5.74) is 3.32. The molecule has 0 N–H and O–H groups in total. The fourth-order valence-electron chi connectivity index (χ4n) is 3.78. The fourth-order valence-corrected chi connectivity index (χ4v) is 4.96. The van der Waals surface area contributed by atoms with Crippen LogP contribution in [0, 0.1) is 0 Å². The van der Waals surface area contributed by atoms with Gasteiger partial charge >= 0.3 is 0 Å². The lowest BCUT2D eigenvalue weighted by Gasteiger charge is -2.02. The highest BCUT2D eigenvalue weighted by molar-refractivity contribution is 9.10. The number of hydrogen-bond acceptors (Lipinski definition) is 6. The Morgan fingerprint density at radius 1 is 0.917 bits per heavy atom. The summed E-state index contributed by atoms with van der Waals surface area (Å²) in [6, 6.07) is 27.3. The number of fused-ring (bicyclic) bond motifs is 1. The van der Waals surface area contributed by atoms with Gasteiger partial charge in [-0.15, -0.1) is 5.10 Å². The van der Waals surface area contributed by atoms with Gasteiger partial charge in [0.05, 0.1) is 15.9 Å². The van der Waals surface area contributed by atoms with Crippen molar-refractivity contribution in [1.82, 2.24) is 24.4 Å². The van der Waals surface area contributed by atoms with Crippen molar-refractivity contribution in [1.29, 1.82) is 0 Å². The van der Waals surface area contributed by atoms with Crippen LogP contribution in [0.4, 0.5) is 0 Å². The molecule has 3 heterocycles. The summed E-state index contributed by atoms with van der Waals surface area (Å²) < 4.78 is 10.4. The van der Waals surface area contributed by atoms with E-state index in [-0.39, 0.29) is 12.2 Å². The summed E-state index contributed by atoms with van der Waals surface area (Å²) in [5.74, 6) is 1.16. The maximum atomic E-state index is 13.1. The first-order chi connectivity index (χ1) is 17.6. The second kappa shape index (κ2) is 9.52. The van der Waals surface area contributed by atoms with E-state index in [0.29, 0.717) is 21.1 Å². The highest BCUT2D eigenvalue weighted by atomic mass is 79.9. The van der Waals surface area contributed by atoms with Crippen molar-refractivity contribution < 1.29 is 4.74 Å². The summed E-state index contributed by atoms with van der Waals surface area (Å²) in [6.07, 6.45) is 3.79. The first kappa shape index (κ1) is 22.4. The summed E-state index contributed by atoms with van der Waals surface area (Å²) in [5, 5.41) is 9.19. The number of nitrogens with zero attached hydrogens (tertiary/aromatic N) is 5. The van der Waals surface area contributed by atoms with E-state index < -0.39 is 0 Å². The Morgan fingerprint density at radius 3 is 2.36 bits per heavy atom. The molecule has 3 aromatic heterocycles. The van der Waals surface area contributed by atoms with Crippen LogP contribution in [0.2, 0.25) is 0 Å². The Hall–Kier alpha value is -4.08. The zero-order valence-electron chi connectivity index (χ0n) is 18.8. The largest absolute Gasteiger partial charge is 0.486 e. The molecule has 0 saturated heterocycles. The predicted octanol–water partition coefficient (Wildman–Crippen LogP) is 4.89. The lowest BCUT2D eigenvalue weighted by atomic mass is 10.1. The van der Waals surface area contributed by atoms with Crippen molar-refractivity contribution in [3.05, 3.63) is 122 Å². The molecule has 0 aliphatic heterocycles. The third kappa shape index (κ3) is 4.46. The van der Waals surface area contributed by atoms with Gasteiger partial charge in [0.15, 0.2) is 5.82 Å². The van der Waals surface area contributed by atoms with Crippen LogP contribution in [0.1, 0.15) is 11.4 Å². The molecule has 0 amide bonds. The molecule has 36 heavy (non-hydrogen) atoms. The van der Waals surface area contributed by atoms with E-state index in [2.05, 4.69) is 26.0 Å². The Balaban J connectivity index is 1.36. The summed E-state index contributed by atoms with van der Waals surface area (Å²) in [6.45, 7) is 0.177. The monoisotopic (exact) mass is 555 g/mol. The normalized spacial score (nSPS) is 11.9. The van der Waals surface area contributed by atoms with Gasteiger partial charge in [-0.3, -0.25) is 4.79 Å². The highest BCUT2D eigenvalue weighted by Crippen LogP contribution is 2.24. The van der Waals surface area contributed by atoms with Crippen molar-refractivity contribution in [3.8, 4) is 22.7 Å². The lowest BCUT2D eigenvalue weighted by molar-refractivity contribution is 0.296. The molecule has 176 valence electrons. The molecule has 6 aromatic rings. The van der Waals surface area contributed by atoms with E-state index in [1.165, 1.54) is 15.9 Å². The quantitative estimate of drug-likeness (QED) is 0.292. The molecular weight excluding hydrogens is 538 g/mol. The number of halogens is 1. The number of rotatable bonds is 6. The number of aromatic nitrogens is 5. The van der Waals surface area contributed by atoms with Crippen molar-refractivity contribution in [3.63, 3.8) is 0 Å². The lowest BCUT2D eigenvalue weighted by Crippen LogP contribution is -2.24. The van der Waals surface area contributed by atoms with Gasteiger partial charge in [-0.05, 0) is 42.5 Å². The van der Waals surface area contributed by atoms with E-state index >= 15 is 0 Å². The minimum absolute atomic E-state index is 0.177. The van der Waals surface area contributed by atoms with E-state index in [9.17, 15) is 4.79 Å². The van der Waals surface area contributed by atoms with E-state index in [4.69, 9.17) is 9.84 Å². The highest BCUT2D eigenvalue weighted by Gasteiger charge is 2.14. The number of hydrogen-bond donors (Lipinski definition) is 0. The first-order valence-corrected chi connectivity index (χ1v) is 12.7. The van der Waals surface area contributed by atoms with Crippen LogP contribution in [0.5, 0.6) is 5.75 Å². The van der Waals surface area contributed by atoms with Crippen LogP contribution in [0.15, 0.2) is 100 Å². The second-order valence-electron chi connectivity index (χ2n) is 7.96. The van der Waals surface area contributed by atoms with Gasteiger partial charge in [-0.25, -0.2) is 4.68 Å². The maximum absolute atomic E-state index is 13.1. The molecule has 0 radical (unpaired) electrons. The molecule has 0 fully saturated rings. The standard InChI is InChI=1S/C27H18BrN5O2S/c28-20-11-13-22(14-12-20)35-17-24-29-27-33(30-24)26(34)23(36-27)15-19-16-32(21-9-5-2-6-10-21)31-25(19)18-7-3-1-4-8-18/h1-16H,17H2/b23-15-. The fraction of sp³-hybridized carbons (Fsp3) is 0.0370. The van der Waals surface area contributed by atoms with Crippen LogP contribution < -0.4 is 14.8 Å². The Bertz CT molecular complexity index is 1760. The topological polar surface area (TPSA) is 74.3 Å². The van der Waals surface area contributed by atoms with Crippen molar-refractivity contribution in [2.24, 2.45) is 0 Å². The molecule has 3 aromatic carbocycles. The van der Waals surface area contributed by atoms with Gasteiger partial charge in [-0.2, -0.15) is 14.6 Å². The average molecular weight is 556 g/mol. The first-order valence-electron chi connectivity index (χ1n) is 11.1. The number of para-hydroxylation sites is 1. The molecule has 0 unspecified atom stereocenters. The molecule has 7 nitrogen and oxygen atoms in total. The number of ether oxygens (including phenoxy) is 1. The smallest absolute Gasteiger partial charge is 0.291 e. The Morgan fingerprint density at radius 2 is 1.64 bits per heavy atom. The van der Waals surface area contributed by atoms with Crippen molar-refractivity contribution >= 4 is 38.3 Å². The minimum atomic E-state index is -0.219. The molecular formula is C27H18BrN5O2S. The SMILES string of the molecule is O=c1/c(=C/c2cn(-c3ccccc3)nc2-c2ccccc2)sc2nc(COc3ccc(Br)cc3)nn12. The number of thiazole rings is 1. The van der Waals surface area contributed by atoms with Crippen LogP contribution in [0.25, 0.3) is 28.0 Å². The van der Waals surface area contributed by atoms with Crippen LogP contribution in [-0.2, 0) is 6.61 Å². The Kier molecular flexibility index (Phi) is 5.92. The van der Waals surface area contributed by atoms with Crippen molar-refractivity contribution in [2.75, 3.05) is 0 Å². The van der Waals surface area contributed by atoms with Gasteiger partial charge in [-0.1, -0.05) is 75.8 Å². The van der Waals surface area contributed by atoms with Gasteiger partial charge in [0.1, 0.15) is 12.4 Å². The predicted molar refractivity (Wildman–Crippen MR) is 143 cm³/mol.